The molecule has 67 heavy (non-hydrogen) atoms. The van der Waals surface area contributed by atoms with Gasteiger partial charge in [-0.05, 0) is 72.5 Å². The zero-order valence-corrected chi connectivity index (χ0v) is 39.5. The maximum absolute atomic E-state index is 12.5. The molecule has 0 spiro atoms. The summed E-state index contributed by atoms with van der Waals surface area (Å²) in [5, 5.41) is 24.5. The number of rotatable bonds is 23. The molecule has 1 heterocycles. The first-order valence-corrected chi connectivity index (χ1v) is 23.4. The number of cyclic esters (lactones) is 2. The van der Waals surface area contributed by atoms with E-state index in [1.807, 2.05) is 0 Å². The molecule has 1 aliphatic heterocycles. The monoisotopic (exact) mass is 924 g/mol. The van der Waals surface area contributed by atoms with Gasteiger partial charge in [0.1, 0.15) is 0 Å². The number of unbranched alkanes of at least 4 members (excludes halogenated alkanes) is 10. The summed E-state index contributed by atoms with van der Waals surface area (Å²) in [7, 11) is 2.95. The van der Waals surface area contributed by atoms with Crippen LogP contribution in [0.2, 0.25) is 0 Å². The number of carbonyl (C=O) groups excluding carboxylic acids is 5. The second-order valence-corrected chi connectivity index (χ2v) is 16.1. The number of carboxylic acids is 1. The zero-order chi connectivity index (χ0) is 48.8. The van der Waals surface area contributed by atoms with Crippen LogP contribution in [0, 0.1) is 0 Å². The highest BCUT2D eigenvalue weighted by molar-refractivity contribution is 6.14. The van der Waals surface area contributed by atoms with E-state index in [9.17, 15) is 39.0 Å². The van der Waals surface area contributed by atoms with Crippen molar-refractivity contribution in [3.63, 3.8) is 0 Å². The number of aromatic hydroxyl groups is 1. The fraction of sp³-hybridized carbons (Fsp3) is 0.434. The third-order valence-electron chi connectivity index (χ3n) is 10.5. The highest BCUT2D eigenvalue weighted by Gasteiger charge is 2.28. The highest BCUT2D eigenvalue weighted by Crippen LogP contribution is 2.30. The van der Waals surface area contributed by atoms with Crippen LogP contribution in [0.3, 0.4) is 0 Å². The van der Waals surface area contributed by atoms with Gasteiger partial charge in [0.05, 0.1) is 36.5 Å². The maximum atomic E-state index is 12.5. The molecule has 1 saturated carbocycles. The van der Waals surface area contributed by atoms with Gasteiger partial charge in [0.2, 0.25) is 11.8 Å². The van der Waals surface area contributed by atoms with Crippen molar-refractivity contribution in [3.05, 3.63) is 118 Å². The molecule has 0 bridgehead atoms. The smallest absolute Gasteiger partial charge is 0.346 e. The van der Waals surface area contributed by atoms with Crippen molar-refractivity contribution < 1.29 is 57.9 Å². The van der Waals surface area contributed by atoms with E-state index >= 15 is 0 Å². The Morgan fingerprint density at radius 2 is 1.01 bits per heavy atom. The van der Waals surface area contributed by atoms with Crippen molar-refractivity contribution in [1.29, 1.82) is 0 Å². The van der Waals surface area contributed by atoms with Gasteiger partial charge >= 0.3 is 23.9 Å². The number of hydrogen-bond donors (Lipinski definition) is 4. The Bertz CT molecular complexity index is 2170. The van der Waals surface area contributed by atoms with Crippen molar-refractivity contribution >= 4 is 35.7 Å². The predicted octanol–water partition coefficient (Wildman–Crippen LogP) is 10.9. The summed E-state index contributed by atoms with van der Waals surface area (Å²) in [6, 6.07) is 22.4. The van der Waals surface area contributed by atoms with E-state index in [-0.39, 0.29) is 34.4 Å². The highest BCUT2D eigenvalue weighted by atomic mass is 16.6. The van der Waals surface area contributed by atoms with Crippen LogP contribution in [0.5, 0.6) is 23.0 Å². The fourth-order valence-electron chi connectivity index (χ4n) is 6.48. The Morgan fingerprint density at radius 3 is 1.49 bits per heavy atom. The summed E-state index contributed by atoms with van der Waals surface area (Å²) in [5.74, 6) is -2.00. The number of fused-ring (bicyclic) bond motifs is 1. The van der Waals surface area contributed by atoms with E-state index < -0.39 is 23.9 Å². The molecule has 0 atom stereocenters. The number of benzene rings is 4. The molecule has 362 valence electrons. The van der Waals surface area contributed by atoms with E-state index in [1.165, 1.54) is 96.6 Å². The molecule has 0 radical (unpaired) electrons. The number of aromatic carboxylic acids is 1. The second-order valence-electron chi connectivity index (χ2n) is 16.1. The van der Waals surface area contributed by atoms with E-state index in [0.29, 0.717) is 48.6 Å². The van der Waals surface area contributed by atoms with E-state index in [2.05, 4.69) is 29.2 Å². The van der Waals surface area contributed by atoms with Gasteiger partial charge < -0.3 is 39.8 Å². The minimum atomic E-state index is -1.21. The van der Waals surface area contributed by atoms with Gasteiger partial charge in [0.15, 0.2) is 23.0 Å². The van der Waals surface area contributed by atoms with Gasteiger partial charge in [-0.3, -0.25) is 9.59 Å². The third kappa shape index (κ3) is 21.0. The number of ether oxygens (including phenoxy) is 4. The number of phenolic OH excluding ortho intramolecular Hbond substituents is 1. The molecule has 4 aromatic carbocycles. The number of methoxy groups -OCH3 is 2. The number of hydrogen-bond acceptors (Lipinski definition) is 11. The average Bonchev–Trinajstić information content (AvgIpc) is 4.21. The molecule has 1 fully saturated rings. The van der Waals surface area contributed by atoms with Crippen LogP contribution in [-0.4, -0.2) is 60.1 Å². The van der Waals surface area contributed by atoms with Gasteiger partial charge in [0.25, 0.3) is 0 Å². The Morgan fingerprint density at radius 1 is 0.567 bits per heavy atom. The zero-order valence-electron chi connectivity index (χ0n) is 39.5. The summed E-state index contributed by atoms with van der Waals surface area (Å²) in [4.78, 5) is 69.3. The molecule has 0 aromatic heterocycles. The first-order valence-electron chi connectivity index (χ1n) is 23.4. The normalized spacial score (nSPS) is 11.7. The number of carboxylic acid groups (broad SMARTS) is 1. The summed E-state index contributed by atoms with van der Waals surface area (Å²) < 4.78 is 20.1. The van der Waals surface area contributed by atoms with E-state index in [4.69, 9.17) is 14.2 Å². The molecule has 2 aliphatic rings. The number of phenols is 1. The van der Waals surface area contributed by atoms with Crippen molar-refractivity contribution in [2.24, 2.45) is 0 Å². The molecule has 6 rings (SSSR count). The molecular formula is C53H68N2O12. The van der Waals surface area contributed by atoms with Crippen molar-refractivity contribution in [2.75, 3.05) is 14.2 Å². The lowest BCUT2D eigenvalue weighted by molar-refractivity contribution is -0.122. The van der Waals surface area contributed by atoms with Crippen LogP contribution in [0.25, 0.3) is 0 Å². The third-order valence-corrected chi connectivity index (χ3v) is 10.5. The first-order chi connectivity index (χ1) is 32.4. The van der Waals surface area contributed by atoms with Gasteiger partial charge in [-0.2, -0.15) is 0 Å². The minimum Gasteiger partial charge on any atom is -0.504 e. The largest absolute Gasteiger partial charge is 0.504 e. The summed E-state index contributed by atoms with van der Waals surface area (Å²) >= 11 is 0. The molecule has 14 heteroatoms. The van der Waals surface area contributed by atoms with E-state index in [1.54, 1.807) is 66.7 Å². The Balaban J connectivity index is 0.000000286. The molecule has 1 aliphatic carbocycles. The van der Waals surface area contributed by atoms with Gasteiger partial charge in [-0.15, -0.1) is 0 Å². The number of amides is 2. The van der Waals surface area contributed by atoms with Gasteiger partial charge in [-0.25, -0.2) is 19.2 Å². The summed E-state index contributed by atoms with van der Waals surface area (Å²) in [6.45, 7) is 5.18. The standard InChI is InChI=1S/C25H31NO6.C17H27NO3.C8H4O3.C3H6/c1-3-4-5-6-7-8-13-23(27)26-17-18-14-15-21(22(16-18)31-2)32-25(30)20-12-10-9-11-19(20)24(28)29;1-3-4-5-6-7-8-9-17(20)18-13-14-10-11-15(19)16(12-14)21-2;9-7-5-3-1-2-4-6(5)8(10)11-7;1-2-3-1/h9-12,14-16H,3-8,13,17H2,1-2H3,(H,26,27)(H,28,29);10-12,19H,3-9,13H2,1-2H3,(H,18,20);1-4H;1-3H2. The number of nitrogens with one attached hydrogen (secondary N) is 2. The summed E-state index contributed by atoms with van der Waals surface area (Å²) in [5.41, 5.74) is 2.24. The molecule has 0 saturated heterocycles. The number of carbonyl (C=O) groups is 6. The van der Waals surface area contributed by atoms with Gasteiger partial charge in [0, 0.05) is 25.9 Å². The molecule has 4 aromatic rings. The van der Waals surface area contributed by atoms with Crippen LogP contribution in [0.15, 0.2) is 84.9 Å². The number of esters is 3. The lowest BCUT2D eigenvalue weighted by Crippen LogP contribution is -2.22. The van der Waals surface area contributed by atoms with Crippen LogP contribution in [-0.2, 0) is 27.4 Å². The first kappa shape index (κ1) is 54.6. The van der Waals surface area contributed by atoms with Crippen molar-refractivity contribution in [2.45, 2.75) is 136 Å². The lowest BCUT2D eigenvalue weighted by atomic mass is 10.1. The quantitative estimate of drug-likeness (QED) is 0.0237. The SMILES string of the molecule is C1CC1.CCCCCCCCC(=O)NCc1ccc(O)c(OC)c1.CCCCCCCCC(=O)NCc1ccc(OC(=O)c2ccccc2C(=O)O)c(OC)c1.O=C1OC(=O)c2ccccc21. The van der Waals surface area contributed by atoms with Crippen molar-refractivity contribution in [3.8, 4) is 23.0 Å². The van der Waals surface area contributed by atoms with Crippen LogP contribution < -0.4 is 24.8 Å². The Labute approximate surface area is 394 Å². The minimum absolute atomic E-state index is 0.000223. The average molecular weight is 925 g/mol. The van der Waals surface area contributed by atoms with Gasteiger partial charge in [-0.1, -0.05) is 134 Å². The van der Waals surface area contributed by atoms with Crippen LogP contribution in [0.1, 0.15) is 176 Å². The molecule has 2 amide bonds. The maximum Gasteiger partial charge on any atom is 0.346 e. The van der Waals surface area contributed by atoms with Crippen LogP contribution >= 0.6 is 0 Å². The van der Waals surface area contributed by atoms with Crippen molar-refractivity contribution in [1.82, 2.24) is 10.6 Å². The second kappa shape index (κ2) is 31.3. The Hall–Kier alpha value is -6.70. The predicted molar refractivity (Wildman–Crippen MR) is 256 cm³/mol. The molecule has 0 unspecified atom stereocenters. The van der Waals surface area contributed by atoms with Crippen LogP contribution in [0.4, 0.5) is 0 Å². The fourth-order valence-corrected chi connectivity index (χ4v) is 6.48. The molecule has 4 N–H and O–H groups in total. The molecular weight excluding hydrogens is 857 g/mol. The molecule has 14 nitrogen and oxygen atoms in total. The topological polar surface area (TPSA) is 204 Å². The van der Waals surface area contributed by atoms with E-state index in [0.717, 1.165) is 43.2 Å². The lowest BCUT2D eigenvalue weighted by Gasteiger charge is -2.12. The summed E-state index contributed by atoms with van der Waals surface area (Å²) in [6.07, 6.45) is 19.5. The Kier molecular flexibility index (Phi) is 25.5.